The van der Waals surface area contributed by atoms with Gasteiger partial charge in [-0.3, -0.25) is 9.59 Å². The highest BCUT2D eigenvalue weighted by molar-refractivity contribution is 5.95. The zero-order valence-corrected chi connectivity index (χ0v) is 17.8. The lowest BCUT2D eigenvalue weighted by molar-refractivity contribution is -0.137. The van der Waals surface area contributed by atoms with Gasteiger partial charge in [-0.25, -0.2) is 5.43 Å². The molecule has 1 aliphatic heterocycles. The Kier molecular flexibility index (Phi) is 8.00. The first-order chi connectivity index (χ1) is 15.1. The Hall–Kier alpha value is -3.39. The third kappa shape index (κ3) is 6.55. The summed E-state index contributed by atoms with van der Waals surface area (Å²) in [5.41, 5.74) is 4.78. The number of hydrazone groups is 1. The van der Waals surface area contributed by atoms with E-state index in [2.05, 4.69) is 10.5 Å². The molecule has 1 fully saturated rings. The van der Waals surface area contributed by atoms with Gasteiger partial charge in [0.2, 0.25) is 0 Å². The van der Waals surface area contributed by atoms with Gasteiger partial charge in [0.25, 0.3) is 11.8 Å². The molecule has 8 nitrogen and oxygen atoms in total. The van der Waals surface area contributed by atoms with Gasteiger partial charge in [-0.15, -0.1) is 0 Å². The quantitative estimate of drug-likeness (QED) is 0.518. The van der Waals surface area contributed by atoms with Crippen LogP contribution in [0.1, 0.15) is 28.4 Å². The summed E-state index contributed by atoms with van der Waals surface area (Å²) >= 11 is 0. The van der Waals surface area contributed by atoms with Crippen molar-refractivity contribution in [3.63, 3.8) is 0 Å². The fraction of sp³-hybridized carbons (Fsp3) is 0.348. The van der Waals surface area contributed by atoms with Crippen LogP contribution in [0.4, 0.5) is 0 Å². The van der Waals surface area contributed by atoms with Crippen LogP contribution in [0.25, 0.3) is 0 Å². The molecule has 0 aliphatic carbocycles. The number of ether oxygens (including phenoxy) is 3. The Morgan fingerprint density at radius 1 is 1.13 bits per heavy atom. The smallest absolute Gasteiger partial charge is 0.271 e. The van der Waals surface area contributed by atoms with Crippen LogP contribution in [0.2, 0.25) is 0 Å². The number of carbonyl (C=O) groups is 2. The summed E-state index contributed by atoms with van der Waals surface area (Å²) in [5, 5.41) is 4.02. The maximum Gasteiger partial charge on any atom is 0.271 e. The average Bonchev–Trinajstić information content (AvgIpc) is 2.79. The Morgan fingerprint density at radius 3 is 2.68 bits per heavy atom. The number of hydrogen-bond acceptors (Lipinski definition) is 6. The van der Waals surface area contributed by atoms with Crippen LogP contribution < -0.4 is 14.9 Å². The molecule has 0 unspecified atom stereocenters. The van der Waals surface area contributed by atoms with E-state index in [9.17, 15) is 9.59 Å². The number of nitrogens with one attached hydrogen (secondary N) is 1. The van der Waals surface area contributed by atoms with E-state index in [1.54, 1.807) is 35.2 Å². The predicted octanol–water partition coefficient (Wildman–Crippen LogP) is 2.40. The molecule has 2 aromatic rings. The van der Waals surface area contributed by atoms with E-state index in [1.165, 1.54) is 6.21 Å². The van der Waals surface area contributed by atoms with Crippen molar-refractivity contribution in [2.75, 3.05) is 39.5 Å². The third-order valence-electron chi connectivity index (χ3n) is 4.64. The standard InChI is InChI=1S/C23H27N3O5/c1-3-30-21-14-18(15-24-25-23(28)19-6-4-5-17(2)13-19)7-8-20(21)31-16-22(27)26-9-11-29-12-10-26/h4-8,13-15H,3,9-12,16H2,1-2H3,(H,25,28)/b24-15+. The maximum atomic E-state index is 12.3. The van der Waals surface area contributed by atoms with Gasteiger partial charge in [-0.1, -0.05) is 17.7 Å². The fourth-order valence-electron chi connectivity index (χ4n) is 3.05. The topological polar surface area (TPSA) is 89.5 Å². The predicted molar refractivity (Wildman–Crippen MR) is 117 cm³/mol. The molecule has 0 radical (unpaired) electrons. The Labute approximate surface area is 181 Å². The Bertz CT molecular complexity index is 939. The lowest BCUT2D eigenvalue weighted by Gasteiger charge is -2.26. The summed E-state index contributed by atoms with van der Waals surface area (Å²) < 4.78 is 16.6. The zero-order valence-electron chi connectivity index (χ0n) is 17.8. The molecule has 2 aromatic carbocycles. The molecule has 1 heterocycles. The van der Waals surface area contributed by atoms with Gasteiger partial charge in [0.05, 0.1) is 26.0 Å². The molecule has 8 heteroatoms. The molecular formula is C23H27N3O5. The first kappa shape index (κ1) is 22.3. The molecular weight excluding hydrogens is 398 g/mol. The normalized spacial score (nSPS) is 13.8. The first-order valence-electron chi connectivity index (χ1n) is 10.2. The highest BCUT2D eigenvalue weighted by Crippen LogP contribution is 2.28. The molecule has 0 atom stereocenters. The molecule has 1 N–H and O–H groups in total. The van der Waals surface area contributed by atoms with E-state index in [4.69, 9.17) is 14.2 Å². The zero-order chi connectivity index (χ0) is 22.1. The number of carbonyl (C=O) groups excluding carboxylic acids is 2. The number of amides is 2. The van der Waals surface area contributed by atoms with Crippen LogP contribution in [-0.4, -0.2) is 62.4 Å². The lowest BCUT2D eigenvalue weighted by Crippen LogP contribution is -2.43. The number of benzene rings is 2. The van der Waals surface area contributed by atoms with Crippen LogP contribution in [0.3, 0.4) is 0 Å². The summed E-state index contributed by atoms with van der Waals surface area (Å²) in [6.07, 6.45) is 1.53. The van der Waals surface area contributed by atoms with Gasteiger partial charge in [-0.2, -0.15) is 5.10 Å². The first-order valence-corrected chi connectivity index (χ1v) is 10.2. The van der Waals surface area contributed by atoms with Crippen molar-refractivity contribution in [3.05, 3.63) is 59.2 Å². The molecule has 3 rings (SSSR count). The van der Waals surface area contributed by atoms with E-state index in [-0.39, 0.29) is 18.4 Å². The largest absolute Gasteiger partial charge is 0.490 e. The molecule has 1 saturated heterocycles. The second kappa shape index (κ2) is 11.1. The summed E-state index contributed by atoms with van der Waals surface area (Å²) in [6, 6.07) is 12.5. The number of nitrogens with zero attached hydrogens (tertiary/aromatic N) is 2. The molecule has 164 valence electrons. The van der Waals surface area contributed by atoms with Crippen molar-refractivity contribution in [2.24, 2.45) is 5.10 Å². The monoisotopic (exact) mass is 425 g/mol. The minimum Gasteiger partial charge on any atom is -0.490 e. The van der Waals surface area contributed by atoms with Crippen LogP contribution in [0.15, 0.2) is 47.6 Å². The summed E-state index contributed by atoms with van der Waals surface area (Å²) in [7, 11) is 0. The van der Waals surface area contributed by atoms with Gasteiger partial charge in [0.1, 0.15) is 0 Å². The summed E-state index contributed by atoms with van der Waals surface area (Å²) in [4.78, 5) is 26.2. The van der Waals surface area contributed by atoms with Crippen LogP contribution in [0.5, 0.6) is 11.5 Å². The number of morpholine rings is 1. The van der Waals surface area contributed by atoms with Crippen LogP contribution in [0, 0.1) is 6.92 Å². The van der Waals surface area contributed by atoms with Gasteiger partial charge >= 0.3 is 0 Å². The van der Waals surface area contributed by atoms with Crippen molar-refractivity contribution >= 4 is 18.0 Å². The average molecular weight is 425 g/mol. The van der Waals surface area contributed by atoms with Crippen molar-refractivity contribution in [1.29, 1.82) is 0 Å². The highest BCUT2D eigenvalue weighted by Gasteiger charge is 2.18. The van der Waals surface area contributed by atoms with Crippen molar-refractivity contribution in [2.45, 2.75) is 13.8 Å². The van der Waals surface area contributed by atoms with Crippen LogP contribution >= 0.6 is 0 Å². The second-order valence-electron chi connectivity index (χ2n) is 6.99. The van der Waals surface area contributed by atoms with Crippen molar-refractivity contribution < 1.29 is 23.8 Å². The second-order valence-corrected chi connectivity index (χ2v) is 6.99. The molecule has 0 bridgehead atoms. The third-order valence-corrected chi connectivity index (χ3v) is 4.64. The van der Waals surface area contributed by atoms with Crippen molar-refractivity contribution in [1.82, 2.24) is 10.3 Å². The van der Waals surface area contributed by atoms with E-state index >= 15 is 0 Å². The van der Waals surface area contributed by atoms with Gasteiger partial charge < -0.3 is 19.1 Å². The van der Waals surface area contributed by atoms with Gasteiger partial charge in [0, 0.05) is 18.7 Å². The van der Waals surface area contributed by atoms with Crippen molar-refractivity contribution in [3.8, 4) is 11.5 Å². The van der Waals surface area contributed by atoms with Gasteiger partial charge in [-0.05, 0) is 49.7 Å². The molecule has 0 saturated carbocycles. The molecule has 0 aromatic heterocycles. The number of aryl methyl sites for hydroxylation is 1. The van der Waals surface area contributed by atoms with E-state index in [0.29, 0.717) is 50.0 Å². The number of hydrogen-bond donors (Lipinski definition) is 1. The maximum absolute atomic E-state index is 12.3. The lowest BCUT2D eigenvalue weighted by atomic mass is 10.1. The minimum absolute atomic E-state index is 0.0694. The number of rotatable bonds is 8. The van der Waals surface area contributed by atoms with E-state index in [0.717, 1.165) is 11.1 Å². The van der Waals surface area contributed by atoms with Gasteiger partial charge in [0.15, 0.2) is 18.1 Å². The highest BCUT2D eigenvalue weighted by atomic mass is 16.5. The minimum atomic E-state index is -0.286. The van der Waals surface area contributed by atoms with Crippen LogP contribution in [-0.2, 0) is 9.53 Å². The fourth-order valence-corrected chi connectivity index (χ4v) is 3.05. The molecule has 31 heavy (non-hydrogen) atoms. The SMILES string of the molecule is CCOc1cc(/C=N/NC(=O)c2cccc(C)c2)ccc1OCC(=O)N1CCOCC1. The summed E-state index contributed by atoms with van der Waals surface area (Å²) in [6.45, 7) is 6.40. The van der Waals surface area contributed by atoms with E-state index in [1.807, 2.05) is 26.0 Å². The molecule has 2 amide bonds. The Balaban J connectivity index is 1.60. The molecule has 1 aliphatic rings. The van der Waals surface area contributed by atoms with E-state index < -0.39 is 0 Å². The Morgan fingerprint density at radius 2 is 1.94 bits per heavy atom. The molecule has 0 spiro atoms. The summed E-state index contributed by atoms with van der Waals surface area (Å²) in [5.74, 6) is 0.609.